The third-order valence-corrected chi connectivity index (χ3v) is 7.74. The van der Waals surface area contributed by atoms with Gasteiger partial charge in [-0.25, -0.2) is 0 Å². The van der Waals surface area contributed by atoms with Gasteiger partial charge in [0.15, 0.2) is 5.16 Å². The van der Waals surface area contributed by atoms with Crippen LogP contribution in [-0.4, -0.2) is 37.9 Å². The van der Waals surface area contributed by atoms with Gasteiger partial charge in [0.05, 0.1) is 5.75 Å². The molecule has 7 nitrogen and oxygen atoms in total. The Kier molecular flexibility index (Phi) is 4.22. The van der Waals surface area contributed by atoms with Gasteiger partial charge in [-0.15, -0.1) is 10.2 Å². The van der Waals surface area contributed by atoms with Crippen LogP contribution in [0.4, 0.5) is 0 Å². The van der Waals surface area contributed by atoms with Crippen molar-refractivity contribution in [1.29, 1.82) is 0 Å². The normalized spacial score (nSPS) is 34.0. The van der Waals surface area contributed by atoms with E-state index in [-0.39, 0.29) is 18.0 Å². The van der Waals surface area contributed by atoms with Gasteiger partial charge in [0.1, 0.15) is 12.4 Å². The maximum absolute atomic E-state index is 12.7. The summed E-state index contributed by atoms with van der Waals surface area (Å²) in [5.41, 5.74) is 5.42. The number of thioether (sulfide) groups is 1. The van der Waals surface area contributed by atoms with E-state index in [9.17, 15) is 9.59 Å². The fourth-order valence-electron chi connectivity index (χ4n) is 6.08. The van der Waals surface area contributed by atoms with Crippen LogP contribution in [0.25, 0.3) is 0 Å². The second-order valence-electron chi connectivity index (χ2n) is 9.20. The lowest BCUT2D eigenvalue weighted by Gasteiger charge is -2.56. The molecule has 1 aromatic rings. The molecule has 3 N–H and O–H groups in total. The Bertz CT molecular complexity index is 737. The van der Waals surface area contributed by atoms with Gasteiger partial charge in [-0.3, -0.25) is 14.2 Å². The number of amides is 2. The molecule has 0 aliphatic heterocycles. The molecular weight excluding hydrogens is 362 g/mol. The molecule has 0 unspecified atom stereocenters. The van der Waals surface area contributed by atoms with E-state index in [1.54, 1.807) is 4.57 Å². The number of nitrogens with zero attached hydrogens (tertiary/aromatic N) is 3. The summed E-state index contributed by atoms with van der Waals surface area (Å²) in [4.78, 5) is 24.1. The summed E-state index contributed by atoms with van der Waals surface area (Å²) in [6, 6.07) is 0. The Balaban J connectivity index is 1.23. The maximum atomic E-state index is 12.7. The highest BCUT2D eigenvalue weighted by molar-refractivity contribution is 7.99. The molecule has 6 rings (SSSR count). The van der Waals surface area contributed by atoms with E-state index in [1.807, 2.05) is 0 Å². The number of nitrogens with one attached hydrogen (secondary N) is 1. The van der Waals surface area contributed by atoms with Crippen LogP contribution in [0.5, 0.6) is 0 Å². The molecule has 1 heterocycles. The van der Waals surface area contributed by atoms with Crippen molar-refractivity contribution in [3.63, 3.8) is 0 Å². The number of primary amides is 1. The third-order valence-electron chi connectivity index (χ3n) is 6.78. The topological polar surface area (TPSA) is 103 Å². The molecule has 2 amide bonds. The average molecular weight is 390 g/mol. The van der Waals surface area contributed by atoms with Crippen LogP contribution < -0.4 is 11.1 Å². The molecule has 27 heavy (non-hydrogen) atoms. The quantitative estimate of drug-likeness (QED) is 0.693. The fourth-order valence-corrected chi connectivity index (χ4v) is 6.83. The standard InChI is InChI=1S/C19H27N5O2S/c20-15(25)9-24-17(14-1-2-14)22-23-18(24)27-10-16(26)21-19-6-11-3-12(7-19)5-13(4-11)8-19/h11-14H,1-10H2,(H2,20,25)(H,21,26). The summed E-state index contributed by atoms with van der Waals surface area (Å²) >= 11 is 1.36. The summed E-state index contributed by atoms with van der Waals surface area (Å²) in [6.45, 7) is 0.0811. The molecule has 0 atom stereocenters. The van der Waals surface area contributed by atoms with Crippen LogP contribution in [0.1, 0.15) is 63.1 Å². The van der Waals surface area contributed by atoms with Crippen molar-refractivity contribution in [3.8, 4) is 0 Å². The zero-order chi connectivity index (χ0) is 18.6. The van der Waals surface area contributed by atoms with E-state index in [0.29, 0.717) is 16.8 Å². The minimum absolute atomic E-state index is 0.0342. The van der Waals surface area contributed by atoms with Gasteiger partial charge in [-0.1, -0.05) is 11.8 Å². The van der Waals surface area contributed by atoms with Gasteiger partial charge >= 0.3 is 0 Å². The number of nitrogens with two attached hydrogens (primary N) is 1. The Morgan fingerprint density at radius 1 is 1.11 bits per heavy atom. The smallest absolute Gasteiger partial charge is 0.237 e. The molecule has 0 saturated heterocycles. The highest BCUT2D eigenvalue weighted by Crippen LogP contribution is 2.55. The van der Waals surface area contributed by atoms with Crippen LogP contribution in [-0.2, 0) is 16.1 Å². The summed E-state index contributed by atoms with van der Waals surface area (Å²) in [6.07, 6.45) is 9.71. The lowest BCUT2D eigenvalue weighted by Crippen LogP contribution is -2.60. The Hall–Kier alpha value is -1.57. The van der Waals surface area contributed by atoms with E-state index in [2.05, 4.69) is 15.5 Å². The molecule has 8 heteroatoms. The zero-order valence-electron chi connectivity index (χ0n) is 15.5. The molecule has 1 aromatic heterocycles. The second kappa shape index (κ2) is 6.50. The van der Waals surface area contributed by atoms with Crippen LogP contribution in [0.3, 0.4) is 0 Å². The number of hydrogen-bond acceptors (Lipinski definition) is 5. The lowest BCUT2D eigenvalue weighted by atomic mass is 9.53. The van der Waals surface area contributed by atoms with Crippen molar-refractivity contribution < 1.29 is 9.59 Å². The van der Waals surface area contributed by atoms with E-state index < -0.39 is 5.91 Å². The average Bonchev–Trinajstić information content (AvgIpc) is 3.33. The minimum Gasteiger partial charge on any atom is -0.368 e. The van der Waals surface area contributed by atoms with Gasteiger partial charge in [0, 0.05) is 11.5 Å². The molecule has 5 aliphatic carbocycles. The maximum Gasteiger partial charge on any atom is 0.237 e. The van der Waals surface area contributed by atoms with Crippen LogP contribution >= 0.6 is 11.8 Å². The molecule has 0 spiro atoms. The van der Waals surface area contributed by atoms with E-state index in [0.717, 1.165) is 55.7 Å². The molecule has 146 valence electrons. The number of aromatic nitrogens is 3. The number of carbonyl (C=O) groups excluding carboxylic acids is 2. The third kappa shape index (κ3) is 3.48. The van der Waals surface area contributed by atoms with Crippen molar-refractivity contribution in [2.24, 2.45) is 23.5 Å². The first-order valence-electron chi connectivity index (χ1n) is 10.1. The van der Waals surface area contributed by atoms with Gasteiger partial charge in [-0.05, 0) is 69.1 Å². The number of rotatable bonds is 7. The van der Waals surface area contributed by atoms with Crippen LogP contribution in [0.15, 0.2) is 5.16 Å². The van der Waals surface area contributed by atoms with Crippen molar-refractivity contribution in [1.82, 2.24) is 20.1 Å². The minimum atomic E-state index is -0.406. The zero-order valence-corrected chi connectivity index (χ0v) is 16.3. The highest BCUT2D eigenvalue weighted by atomic mass is 32.2. The predicted molar refractivity (Wildman–Crippen MR) is 101 cm³/mol. The highest BCUT2D eigenvalue weighted by Gasteiger charge is 2.51. The van der Waals surface area contributed by atoms with Gasteiger partial charge in [0.2, 0.25) is 11.8 Å². The molecule has 0 radical (unpaired) electrons. The molecule has 5 aliphatic rings. The van der Waals surface area contributed by atoms with Crippen molar-refractivity contribution in [2.75, 3.05) is 5.75 Å². The summed E-state index contributed by atoms with van der Waals surface area (Å²) in [7, 11) is 0. The number of hydrogen-bond donors (Lipinski definition) is 2. The van der Waals surface area contributed by atoms with Crippen molar-refractivity contribution in [2.45, 2.75) is 74.5 Å². The van der Waals surface area contributed by atoms with Crippen LogP contribution in [0, 0.1) is 17.8 Å². The molecular formula is C19H27N5O2S. The Morgan fingerprint density at radius 3 is 2.30 bits per heavy atom. The van der Waals surface area contributed by atoms with Crippen molar-refractivity contribution >= 4 is 23.6 Å². The second-order valence-corrected chi connectivity index (χ2v) is 10.1. The van der Waals surface area contributed by atoms with E-state index in [4.69, 9.17) is 5.73 Å². The molecule has 0 aromatic carbocycles. The molecule has 5 fully saturated rings. The monoisotopic (exact) mass is 389 g/mol. The van der Waals surface area contributed by atoms with Gasteiger partial charge < -0.3 is 11.1 Å². The van der Waals surface area contributed by atoms with Crippen LogP contribution in [0.2, 0.25) is 0 Å². The van der Waals surface area contributed by atoms with E-state index in [1.165, 1.54) is 31.0 Å². The molecule has 5 saturated carbocycles. The SMILES string of the molecule is NC(=O)Cn1c(SCC(=O)NC23CC4CC(CC(C4)C2)C3)nnc1C1CC1. The summed E-state index contributed by atoms with van der Waals surface area (Å²) in [5.74, 6) is 3.62. The lowest BCUT2D eigenvalue weighted by molar-refractivity contribution is -0.124. The largest absolute Gasteiger partial charge is 0.368 e. The Labute approximate surface area is 163 Å². The predicted octanol–water partition coefficient (Wildman–Crippen LogP) is 1.82. The fraction of sp³-hybridized carbons (Fsp3) is 0.789. The first-order chi connectivity index (χ1) is 13.0. The Morgan fingerprint density at radius 2 is 1.74 bits per heavy atom. The van der Waals surface area contributed by atoms with Crippen molar-refractivity contribution in [3.05, 3.63) is 5.82 Å². The first kappa shape index (κ1) is 17.5. The number of carbonyl (C=O) groups is 2. The van der Waals surface area contributed by atoms with Gasteiger partial charge in [-0.2, -0.15) is 0 Å². The molecule has 4 bridgehead atoms. The first-order valence-corrected chi connectivity index (χ1v) is 11.1. The summed E-state index contributed by atoms with van der Waals surface area (Å²) in [5, 5.41) is 12.5. The summed E-state index contributed by atoms with van der Waals surface area (Å²) < 4.78 is 1.79. The van der Waals surface area contributed by atoms with Gasteiger partial charge in [0.25, 0.3) is 0 Å². The van der Waals surface area contributed by atoms with E-state index >= 15 is 0 Å².